The minimum atomic E-state index is -0.515. The molecular weight excluding hydrogens is 505 g/mol. The lowest BCUT2D eigenvalue weighted by atomic mass is 9.77. The summed E-state index contributed by atoms with van der Waals surface area (Å²) >= 11 is 0. The lowest BCUT2D eigenvalue weighted by molar-refractivity contribution is 0.00578. The lowest BCUT2D eigenvalue weighted by Crippen LogP contribution is -2.41. The number of benzene rings is 3. The second-order valence-corrected chi connectivity index (χ2v) is 10.8. The standard InChI is InChI=1S/C31H32BN3O5/c1-8-38-29-34-26-11-9-10-23(28(36)37-7)27(26)35(29)19-20-12-14-21(15-13-20)24-18-22(16-17-25(24)33-6)32-39-30(2,3)31(4,5)40-32/h9-18H,8,19H2,1-5,7H3. The van der Waals surface area contributed by atoms with Crippen molar-refractivity contribution in [1.82, 2.24) is 9.55 Å². The highest BCUT2D eigenvalue weighted by molar-refractivity contribution is 6.62. The van der Waals surface area contributed by atoms with Gasteiger partial charge in [0.05, 0.1) is 54.6 Å². The molecule has 1 fully saturated rings. The summed E-state index contributed by atoms with van der Waals surface area (Å²) in [6, 6.07) is 19.5. The van der Waals surface area contributed by atoms with E-state index in [0.29, 0.717) is 41.4 Å². The van der Waals surface area contributed by atoms with Crippen LogP contribution in [0.5, 0.6) is 6.01 Å². The summed E-state index contributed by atoms with van der Waals surface area (Å²) in [6.07, 6.45) is 0. The summed E-state index contributed by atoms with van der Waals surface area (Å²) in [5.74, 6) is -0.432. The number of ether oxygens (including phenoxy) is 2. The molecule has 1 aromatic heterocycles. The summed E-state index contributed by atoms with van der Waals surface area (Å²) in [5.41, 5.74) is 4.95. The number of methoxy groups -OCH3 is 1. The monoisotopic (exact) mass is 537 g/mol. The molecule has 0 unspecified atom stereocenters. The molecule has 8 nitrogen and oxygen atoms in total. The van der Waals surface area contributed by atoms with E-state index in [4.69, 9.17) is 25.4 Å². The van der Waals surface area contributed by atoms with Crippen LogP contribution in [-0.4, -0.2) is 47.6 Å². The Morgan fingerprint density at radius 2 is 1.75 bits per heavy atom. The van der Waals surface area contributed by atoms with Gasteiger partial charge in [0.15, 0.2) is 5.69 Å². The number of fused-ring (bicyclic) bond motifs is 1. The third-order valence-corrected chi connectivity index (χ3v) is 7.68. The Morgan fingerprint density at radius 3 is 2.38 bits per heavy atom. The first kappa shape index (κ1) is 27.4. The van der Waals surface area contributed by atoms with E-state index in [1.165, 1.54) is 7.11 Å². The molecule has 0 amide bonds. The molecule has 0 bridgehead atoms. The Bertz CT molecular complexity index is 1600. The van der Waals surface area contributed by atoms with Crippen LogP contribution in [0, 0.1) is 6.57 Å². The van der Waals surface area contributed by atoms with Gasteiger partial charge in [-0.25, -0.2) is 9.64 Å². The van der Waals surface area contributed by atoms with Crippen molar-refractivity contribution in [3.63, 3.8) is 0 Å². The third kappa shape index (κ3) is 4.85. The van der Waals surface area contributed by atoms with Crippen LogP contribution in [0.1, 0.15) is 50.5 Å². The van der Waals surface area contributed by atoms with Crippen molar-refractivity contribution in [2.75, 3.05) is 13.7 Å². The summed E-state index contributed by atoms with van der Waals surface area (Å²) < 4.78 is 25.2. The zero-order valence-electron chi connectivity index (χ0n) is 23.6. The molecule has 0 radical (unpaired) electrons. The topological polar surface area (TPSA) is 76.2 Å². The number of esters is 1. The van der Waals surface area contributed by atoms with Gasteiger partial charge >= 0.3 is 13.1 Å². The average Bonchev–Trinajstić information content (AvgIpc) is 3.40. The van der Waals surface area contributed by atoms with Crippen molar-refractivity contribution < 1.29 is 23.6 Å². The van der Waals surface area contributed by atoms with Gasteiger partial charge in [0, 0.05) is 0 Å². The minimum Gasteiger partial charge on any atom is -0.465 e. The first-order valence-electron chi connectivity index (χ1n) is 13.2. The molecule has 0 N–H and O–H groups in total. The Hall–Kier alpha value is -4.13. The first-order valence-corrected chi connectivity index (χ1v) is 13.2. The maximum atomic E-state index is 12.5. The molecule has 40 heavy (non-hydrogen) atoms. The maximum absolute atomic E-state index is 12.5. The fraction of sp³-hybridized carbons (Fsp3) is 0.323. The van der Waals surface area contributed by atoms with Gasteiger partial charge in [-0.2, -0.15) is 4.98 Å². The third-order valence-electron chi connectivity index (χ3n) is 7.68. The summed E-state index contributed by atoms with van der Waals surface area (Å²) in [6.45, 7) is 18.6. The quantitative estimate of drug-likeness (QED) is 0.169. The van der Waals surface area contributed by atoms with Crippen LogP contribution in [0.25, 0.3) is 27.0 Å². The molecule has 0 atom stereocenters. The first-order chi connectivity index (χ1) is 19.1. The van der Waals surface area contributed by atoms with E-state index < -0.39 is 24.3 Å². The fourth-order valence-electron chi connectivity index (χ4n) is 4.81. The number of rotatable bonds is 7. The molecule has 5 rings (SSSR count). The molecule has 9 heteroatoms. The molecule has 0 saturated carbocycles. The highest BCUT2D eigenvalue weighted by Crippen LogP contribution is 2.38. The van der Waals surface area contributed by atoms with Crippen molar-refractivity contribution in [3.8, 4) is 17.1 Å². The van der Waals surface area contributed by atoms with Crippen LogP contribution in [-0.2, 0) is 20.6 Å². The highest BCUT2D eigenvalue weighted by Gasteiger charge is 2.51. The molecule has 0 spiro atoms. The van der Waals surface area contributed by atoms with Gasteiger partial charge in [0.25, 0.3) is 6.01 Å². The van der Waals surface area contributed by atoms with Crippen molar-refractivity contribution >= 4 is 35.3 Å². The number of nitrogens with zero attached hydrogens (tertiary/aromatic N) is 3. The van der Waals surface area contributed by atoms with E-state index in [-0.39, 0.29) is 0 Å². The van der Waals surface area contributed by atoms with Gasteiger partial charge in [-0.3, -0.25) is 4.57 Å². The number of para-hydroxylation sites is 1. The smallest absolute Gasteiger partial charge is 0.465 e. The Morgan fingerprint density at radius 1 is 1.05 bits per heavy atom. The molecule has 204 valence electrons. The Labute approximate surface area is 234 Å². The molecule has 4 aromatic rings. The van der Waals surface area contributed by atoms with Crippen LogP contribution in [0.2, 0.25) is 0 Å². The van der Waals surface area contributed by atoms with Gasteiger partial charge < -0.3 is 18.8 Å². The van der Waals surface area contributed by atoms with Gasteiger partial charge in [-0.1, -0.05) is 48.5 Å². The Kier molecular flexibility index (Phi) is 7.17. The lowest BCUT2D eigenvalue weighted by Gasteiger charge is -2.32. The maximum Gasteiger partial charge on any atom is 0.494 e. The van der Waals surface area contributed by atoms with Crippen LogP contribution in [0.3, 0.4) is 0 Å². The molecule has 1 aliphatic heterocycles. The van der Waals surface area contributed by atoms with Crippen LogP contribution in [0.4, 0.5) is 5.69 Å². The minimum absolute atomic E-state index is 0.427. The molecule has 3 aromatic carbocycles. The highest BCUT2D eigenvalue weighted by atomic mass is 16.7. The summed E-state index contributed by atoms with van der Waals surface area (Å²) in [7, 11) is 0.849. The van der Waals surface area contributed by atoms with Crippen molar-refractivity contribution in [1.29, 1.82) is 0 Å². The van der Waals surface area contributed by atoms with Gasteiger partial charge in [0.1, 0.15) is 0 Å². The fourth-order valence-corrected chi connectivity index (χ4v) is 4.81. The van der Waals surface area contributed by atoms with Gasteiger partial charge in [-0.15, -0.1) is 0 Å². The second-order valence-electron chi connectivity index (χ2n) is 10.8. The van der Waals surface area contributed by atoms with E-state index in [1.807, 2.05) is 87.7 Å². The Balaban J connectivity index is 1.49. The normalized spacial score (nSPS) is 15.7. The van der Waals surface area contributed by atoms with E-state index in [2.05, 4.69) is 9.83 Å². The van der Waals surface area contributed by atoms with Gasteiger partial charge in [-0.05, 0) is 68.9 Å². The number of hydrogen-bond acceptors (Lipinski definition) is 6. The SMILES string of the molecule is [C-]#[N+]c1ccc(B2OC(C)(C)C(C)(C)O2)cc1-c1ccc(Cn2c(OCC)nc3cccc(C(=O)OC)c32)cc1. The van der Waals surface area contributed by atoms with E-state index in [1.54, 1.807) is 12.1 Å². The zero-order valence-corrected chi connectivity index (χ0v) is 23.6. The largest absolute Gasteiger partial charge is 0.494 e. The van der Waals surface area contributed by atoms with Gasteiger partial charge in [0.2, 0.25) is 0 Å². The molecule has 1 saturated heterocycles. The number of hydrogen-bond donors (Lipinski definition) is 0. The van der Waals surface area contributed by atoms with E-state index in [9.17, 15) is 4.79 Å². The van der Waals surface area contributed by atoms with Crippen LogP contribution >= 0.6 is 0 Å². The number of carbonyl (C=O) groups is 1. The summed E-state index contributed by atoms with van der Waals surface area (Å²) in [4.78, 5) is 20.9. The molecule has 0 aliphatic carbocycles. The van der Waals surface area contributed by atoms with Crippen molar-refractivity contribution in [2.45, 2.75) is 52.4 Å². The predicted molar refractivity (Wildman–Crippen MR) is 155 cm³/mol. The van der Waals surface area contributed by atoms with Crippen LogP contribution < -0.4 is 10.2 Å². The number of aromatic nitrogens is 2. The second kappa shape index (κ2) is 10.5. The zero-order chi connectivity index (χ0) is 28.7. The van der Waals surface area contributed by atoms with E-state index in [0.717, 1.165) is 22.2 Å². The predicted octanol–water partition coefficient (Wildman–Crippen LogP) is 5.79. The summed E-state index contributed by atoms with van der Waals surface area (Å²) in [5, 5.41) is 0. The molecule has 2 heterocycles. The van der Waals surface area contributed by atoms with E-state index >= 15 is 0 Å². The molecule has 1 aliphatic rings. The molecular formula is C31H32BN3O5. The number of imidazole rings is 1. The number of carbonyl (C=O) groups excluding carboxylic acids is 1. The average molecular weight is 537 g/mol. The van der Waals surface area contributed by atoms with Crippen molar-refractivity contribution in [2.24, 2.45) is 0 Å². The van der Waals surface area contributed by atoms with Crippen molar-refractivity contribution in [3.05, 3.63) is 83.2 Å². The van der Waals surface area contributed by atoms with Crippen LogP contribution in [0.15, 0.2) is 60.7 Å².